The number of rotatable bonds is 9. The summed E-state index contributed by atoms with van der Waals surface area (Å²) in [6.45, 7) is 4.14. The Morgan fingerprint density at radius 2 is 1.66 bits per heavy atom. The number of aromatic hydroxyl groups is 1. The predicted octanol–water partition coefficient (Wildman–Crippen LogP) is 5.12. The first kappa shape index (κ1) is 27.1. The van der Waals surface area contributed by atoms with Gasteiger partial charge in [-0.3, -0.25) is 4.79 Å². The number of carbonyl (C=O) groups is 2. The summed E-state index contributed by atoms with van der Waals surface area (Å²) in [4.78, 5) is 27.1. The van der Waals surface area contributed by atoms with Gasteiger partial charge in [0.25, 0.3) is 0 Å². The summed E-state index contributed by atoms with van der Waals surface area (Å²) in [6, 6.07) is 10.7. The molecule has 1 heterocycles. The number of hydrogen-bond donors (Lipinski definition) is 2. The molecular weight excluding hydrogens is 486 g/mol. The maximum Gasteiger partial charge on any atom is 0.336 e. The van der Waals surface area contributed by atoms with Gasteiger partial charge < -0.3 is 29.4 Å². The van der Waals surface area contributed by atoms with E-state index >= 15 is 0 Å². The van der Waals surface area contributed by atoms with E-state index in [4.69, 9.17) is 18.9 Å². The highest BCUT2D eigenvalue weighted by atomic mass is 16.5. The van der Waals surface area contributed by atoms with E-state index in [0.29, 0.717) is 52.7 Å². The minimum absolute atomic E-state index is 0.0616. The molecule has 0 bridgehead atoms. The van der Waals surface area contributed by atoms with Gasteiger partial charge in [-0.2, -0.15) is 0 Å². The highest BCUT2D eigenvalue weighted by molar-refractivity contribution is 6.04. The predicted molar refractivity (Wildman–Crippen MR) is 143 cm³/mol. The van der Waals surface area contributed by atoms with Crippen molar-refractivity contribution in [2.75, 3.05) is 27.9 Å². The van der Waals surface area contributed by atoms with Crippen molar-refractivity contribution >= 4 is 11.8 Å². The fourth-order valence-corrected chi connectivity index (χ4v) is 5.26. The average Bonchev–Trinajstić information content (AvgIpc) is 2.91. The van der Waals surface area contributed by atoms with Crippen molar-refractivity contribution in [2.45, 2.75) is 51.4 Å². The highest BCUT2D eigenvalue weighted by Gasteiger charge is 2.41. The summed E-state index contributed by atoms with van der Waals surface area (Å²) in [5.41, 5.74) is 3.89. The lowest BCUT2D eigenvalue weighted by atomic mass is 9.71. The second-order valence-electron chi connectivity index (χ2n) is 9.55. The van der Waals surface area contributed by atoms with Crippen molar-refractivity contribution in [2.24, 2.45) is 0 Å². The molecule has 0 radical (unpaired) electrons. The van der Waals surface area contributed by atoms with Gasteiger partial charge in [-0.05, 0) is 61.1 Å². The molecule has 2 aromatic rings. The Bertz CT molecular complexity index is 1290. The zero-order valence-corrected chi connectivity index (χ0v) is 22.6. The second kappa shape index (κ2) is 11.6. The number of dihydropyridines is 1. The monoisotopic (exact) mass is 521 g/mol. The van der Waals surface area contributed by atoms with Crippen LogP contribution < -0.4 is 19.5 Å². The molecule has 1 aliphatic heterocycles. The number of carbonyl (C=O) groups excluding carboxylic acids is 2. The van der Waals surface area contributed by atoms with E-state index in [1.807, 2.05) is 32.0 Å². The smallest absolute Gasteiger partial charge is 0.336 e. The summed E-state index contributed by atoms with van der Waals surface area (Å²) < 4.78 is 21.6. The van der Waals surface area contributed by atoms with Gasteiger partial charge in [0.15, 0.2) is 28.8 Å². The lowest BCUT2D eigenvalue weighted by molar-refractivity contribution is -0.139. The topological polar surface area (TPSA) is 103 Å². The SMILES string of the molecule is CCCCOC(=O)C1=C(C)NC2=C(C(=O)C[C@@H](c3ccc(OC)c(OC)c3)C2)[C@H]1c1ccc(OC)c(O)c1. The molecular formula is C30H35NO7. The quantitative estimate of drug-likeness (QED) is 0.346. The molecule has 202 valence electrons. The molecule has 0 amide bonds. The number of esters is 1. The van der Waals surface area contributed by atoms with Crippen LogP contribution in [-0.4, -0.2) is 44.8 Å². The first-order valence-corrected chi connectivity index (χ1v) is 12.8. The van der Waals surface area contributed by atoms with Crippen molar-refractivity contribution in [1.82, 2.24) is 5.32 Å². The van der Waals surface area contributed by atoms with Crippen LogP contribution in [-0.2, 0) is 14.3 Å². The van der Waals surface area contributed by atoms with E-state index in [1.165, 1.54) is 7.11 Å². The van der Waals surface area contributed by atoms with Gasteiger partial charge in [0.1, 0.15) is 0 Å². The van der Waals surface area contributed by atoms with E-state index in [-0.39, 0.29) is 23.9 Å². The third-order valence-electron chi connectivity index (χ3n) is 7.19. The van der Waals surface area contributed by atoms with Gasteiger partial charge in [-0.1, -0.05) is 25.5 Å². The standard InChI is InChI=1S/C30H35NO7/c1-6-7-12-38-30(34)27-17(2)31-21-13-20(18-8-11-25(36-4)26(16-18)37-5)15-23(33)29(21)28(27)19-9-10-24(35-3)22(32)14-19/h8-11,14,16,20,28,31-32H,6-7,12-13,15H2,1-5H3/t20-,28-/m0/s1. The van der Waals surface area contributed by atoms with Crippen molar-refractivity contribution in [3.05, 3.63) is 70.1 Å². The molecule has 8 nitrogen and oxygen atoms in total. The summed E-state index contributed by atoms with van der Waals surface area (Å²) >= 11 is 0. The lowest BCUT2D eigenvalue weighted by Crippen LogP contribution is -2.36. The summed E-state index contributed by atoms with van der Waals surface area (Å²) in [5, 5.41) is 13.9. The number of phenols is 1. The Morgan fingerprint density at radius 3 is 2.32 bits per heavy atom. The minimum Gasteiger partial charge on any atom is -0.504 e. The number of ether oxygens (including phenoxy) is 4. The number of unbranched alkanes of at least 4 members (excludes halogenated alkanes) is 1. The Morgan fingerprint density at radius 1 is 0.974 bits per heavy atom. The third-order valence-corrected chi connectivity index (χ3v) is 7.19. The molecule has 0 unspecified atom stereocenters. The van der Waals surface area contributed by atoms with Gasteiger partial charge in [0.05, 0.1) is 33.5 Å². The Kier molecular flexibility index (Phi) is 8.29. The largest absolute Gasteiger partial charge is 0.504 e. The van der Waals surface area contributed by atoms with Crippen LogP contribution >= 0.6 is 0 Å². The van der Waals surface area contributed by atoms with Gasteiger partial charge in [0.2, 0.25) is 0 Å². The number of benzene rings is 2. The van der Waals surface area contributed by atoms with Crippen molar-refractivity contribution in [3.63, 3.8) is 0 Å². The zero-order valence-electron chi connectivity index (χ0n) is 22.6. The van der Waals surface area contributed by atoms with E-state index in [1.54, 1.807) is 32.4 Å². The fraction of sp³-hybridized carbons (Fsp3) is 0.400. The molecule has 0 spiro atoms. The number of Topliss-reactive ketones (excluding diaryl/α,β-unsaturated/α-hetero) is 1. The van der Waals surface area contributed by atoms with Crippen LogP contribution in [0.15, 0.2) is 58.9 Å². The number of hydrogen-bond acceptors (Lipinski definition) is 8. The molecule has 2 aliphatic rings. The van der Waals surface area contributed by atoms with Gasteiger partial charge in [-0.25, -0.2) is 4.79 Å². The molecule has 2 atom stereocenters. The number of methoxy groups -OCH3 is 3. The van der Waals surface area contributed by atoms with Crippen LogP contribution in [0, 0.1) is 0 Å². The first-order valence-electron chi connectivity index (χ1n) is 12.8. The fourth-order valence-electron chi connectivity index (χ4n) is 5.26. The normalized spacial score (nSPS) is 19.0. The molecule has 38 heavy (non-hydrogen) atoms. The van der Waals surface area contributed by atoms with E-state index in [2.05, 4.69) is 5.32 Å². The molecule has 0 saturated heterocycles. The first-order chi connectivity index (χ1) is 18.3. The maximum absolute atomic E-state index is 13.8. The van der Waals surface area contributed by atoms with Gasteiger partial charge >= 0.3 is 5.97 Å². The second-order valence-corrected chi connectivity index (χ2v) is 9.55. The van der Waals surface area contributed by atoms with Crippen molar-refractivity contribution in [3.8, 4) is 23.0 Å². The van der Waals surface area contributed by atoms with Crippen LogP contribution in [0.25, 0.3) is 0 Å². The number of allylic oxidation sites excluding steroid dienone is 3. The van der Waals surface area contributed by atoms with Crippen molar-refractivity contribution in [1.29, 1.82) is 0 Å². The van der Waals surface area contributed by atoms with Crippen LogP contribution in [0.1, 0.15) is 62.5 Å². The minimum atomic E-state index is -0.670. The molecule has 0 fully saturated rings. The molecule has 2 N–H and O–H groups in total. The van der Waals surface area contributed by atoms with Crippen molar-refractivity contribution < 1.29 is 33.6 Å². The summed E-state index contributed by atoms with van der Waals surface area (Å²) in [5.74, 6) is 0.199. The lowest BCUT2D eigenvalue weighted by Gasteiger charge is -2.37. The zero-order chi connectivity index (χ0) is 27.4. The van der Waals surface area contributed by atoms with Gasteiger partial charge in [0, 0.05) is 29.3 Å². The summed E-state index contributed by atoms with van der Waals surface area (Å²) in [6.07, 6.45) is 2.49. The third kappa shape index (κ3) is 5.21. The molecule has 0 saturated carbocycles. The summed E-state index contributed by atoms with van der Waals surface area (Å²) in [7, 11) is 4.64. The number of ketones is 1. The van der Waals surface area contributed by atoms with E-state index in [0.717, 1.165) is 24.1 Å². The van der Waals surface area contributed by atoms with Crippen LogP contribution in [0.4, 0.5) is 0 Å². The highest BCUT2D eigenvalue weighted by Crippen LogP contribution is 2.47. The molecule has 0 aromatic heterocycles. The van der Waals surface area contributed by atoms with Gasteiger partial charge in [-0.15, -0.1) is 0 Å². The Labute approximate surface area is 223 Å². The van der Waals surface area contributed by atoms with Crippen LogP contribution in [0.5, 0.6) is 23.0 Å². The Balaban J connectivity index is 1.76. The number of nitrogens with one attached hydrogen (secondary N) is 1. The molecule has 1 aliphatic carbocycles. The van der Waals surface area contributed by atoms with E-state index in [9.17, 15) is 14.7 Å². The van der Waals surface area contributed by atoms with E-state index < -0.39 is 11.9 Å². The van der Waals surface area contributed by atoms with Crippen LogP contribution in [0.3, 0.4) is 0 Å². The van der Waals surface area contributed by atoms with Crippen LogP contribution in [0.2, 0.25) is 0 Å². The molecule has 2 aromatic carbocycles. The average molecular weight is 522 g/mol. The maximum atomic E-state index is 13.8. The number of phenolic OH excluding ortho intramolecular Hbond substituents is 1. The molecule has 4 rings (SSSR count). The Hall–Kier alpha value is -3.94. The molecule has 8 heteroatoms.